The molecule has 0 spiro atoms. The number of halogens is 3. The molecule has 1 N–H and O–H groups in total. The number of rotatable bonds is 4. The Morgan fingerprint density at radius 1 is 1.26 bits per heavy atom. The summed E-state index contributed by atoms with van der Waals surface area (Å²) in [7, 11) is 1.51. The molecule has 3 nitrogen and oxygen atoms in total. The normalized spacial score (nSPS) is 10.8. The first-order chi connectivity index (χ1) is 10.9. The number of carbonyl (C=O) groups excluding carboxylic acids is 1. The van der Waals surface area contributed by atoms with Crippen LogP contribution in [0.1, 0.15) is 11.1 Å². The van der Waals surface area contributed by atoms with Gasteiger partial charge >= 0.3 is 0 Å². The molecule has 0 saturated heterocycles. The molecular formula is C17H14BrCl2NO2. The summed E-state index contributed by atoms with van der Waals surface area (Å²) in [5.41, 5.74) is 2.34. The van der Waals surface area contributed by atoms with E-state index in [0.717, 1.165) is 15.7 Å². The van der Waals surface area contributed by atoms with E-state index in [0.29, 0.717) is 21.4 Å². The van der Waals surface area contributed by atoms with E-state index in [4.69, 9.17) is 27.9 Å². The minimum atomic E-state index is -0.256. The number of benzene rings is 2. The van der Waals surface area contributed by atoms with Gasteiger partial charge in [0.15, 0.2) is 0 Å². The maximum atomic E-state index is 12.1. The molecule has 2 rings (SSSR count). The molecule has 2 aromatic carbocycles. The average Bonchev–Trinajstić information content (AvgIpc) is 2.47. The predicted molar refractivity (Wildman–Crippen MR) is 99.6 cm³/mol. The molecule has 0 aromatic heterocycles. The Labute approximate surface area is 153 Å². The van der Waals surface area contributed by atoms with E-state index in [1.165, 1.54) is 13.2 Å². The zero-order valence-corrected chi connectivity index (χ0v) is 15.6. The molecule has 0 bridgehead atoms. The number of carbonyl (C=O) groups is 1. The van der Waals surface area contributed by atoms with E-state index in [1.54, 1.807) is 18.2 Å². The quantitative estimate of drug-likeness (QED) is 0.649. The molecule has 0 aliphatic rings. The van der Waals surface area contributed by atoms with Crippen LogP contribution >= 0.6 is 39.1 Å². The molecule has 0 radical (unpaired) electrons. The Balaban J connectivity index is 2.18. The molecule has 0 heterocycles. The van der Waals surface area contributed by atoms with Crippen LogP contribution in [0.3, 0.4) is 0 Å². The largest absolute Gasteiger partial charge is 0.495 e. The lowest BCUT2D eigenvalue weighted by molar-refractivity contribution is -0.111. The molecule has 1 amide bonds. The SMILES string of the molecule is COc1c(Cl)cc(Cl)cc1C=CC(=O)Nc1ccc(Br)cc1C. The van der Waals surface area contributed by atoms with Crippen LogP contribution in [0, 0.1) is 6.92 Å². The van der Waals surface area contributed by atoms with Gasteiger partial charge in [0.2, 0.25) is 5.91 Å². The minimum absolute atomic E-state index is 0.256. The number of aryl methyl sites for hydroxylation is 1. The van der Waals surface area contributed by atoms with Gasteiger partial charge in [0.25, 0.3) is 0 Å². The Bertz CT molecular complexity index is 775. The Hall–Kier alpha value is -1.49. The molecule has 6 heteroatoms. The number of anilines is 1. The molecule has 2 aromatic rings. The first kappa shape index (κ1) is 17.9. The van der Waals surface area contributed by atoms with Crippen molar-refractivity contribution in [2.24, 2.45) is 0 Å². The van der Waals surface area contributed by atoms with Gasteiger partial charge in [0, 0.05) is 26.8 Å². The Morgan fingerprint density at radius 3 is 2.65 bits per heavy atom. The molecule has 0 aliphatic carbocycles. The second-order valence-electron chi connectivity index (χ2n) is 4.79. The average molecular weight is 415 g/mol. The molecule has 0 atom stereocenters. The Morgan fingerprint density at radius 2 is 2.00 bits per heavy atom. The molecule has 23 heavy (non-hydrogen) atoms. The van der Waals surface area contributed by atoms with E-state index in [-0.39, 0.29) is 5.91 Å². The minimum Gasteiger partial charge on any atom is -0.495 e. The third kappa shape index (κ3) is 4.74. The smallest absolute Gasteiger partial charge is 0.248 e. The highest BCUT2D eigenvalue weighted by atomic mass is 79.9. The summed E-state index contributed by atoms with van der Waals surface area (Å²) in [5.74, 6) is 0.216. The lowest BCUT2D eigenvalue weighted by atomic mass is 10.1. The van der Waals surface area contributed by atoms with Crippen LogP contribution in [-0.4, -0.2) is 13.0 Å². The van der Waals surface area contributed by atoms with Crippen LogP contribution in [0.15, 0.2) is 40.9 Å². The summed E-state index contributed by atoms with van der Waals surface area (Å²) in [6.07, 6.45) is 3.02. The van der Waals surface area contributed by atoms with Crippen LogP contribution in [0.5, 0.6) is 5.75 Å². The summed E-state index contributed by atoms with van der Waals surface area (Å²) in [4.78, 5) is 12.1. The number of nitrogens with one attached hydrogen (secondary N) is 1. The van der Waals surface area contributed by atoms with Gasteiger partial charge in [-0.1, -0.05) is 39.1 Å². The summed E-state index contributed by atoms with van der Waals surface area (Å²) < 4.78 is 6.20. The standard InChI is InChI=1S/C17H14BrCl2NO2/c1-10-7-12(18)4-5-15(10)21-16(22)6-3-11-8-13(19)9-14(20)17(11)23-2/h3-9H,1-2H3,(H,21,22). The first-order valence-corrected chi connectivity index (χ1v) is 8.24. The topological polar surface area (TPSA) is 38.3 Å². The monoisotopic (exact) mass is 413 g/mol. The second kappa shape index (κ2) is 7.86. The van der Waals surface area contributed by atoms with Gasteiger partial charge in [-0.15, -0.1) is 0 Å². The summed E-state index contributed by atoms with van der Waals surface area (Å²) in [6, 6.07) is 8.90. The van der Waals surface area contributed by atoms with E-state index >= 15 is 0 Å². The fraction of sp³-hybridized carbons (Fsp3) is 0.118. The van der Waals surface area contributed by atoms with Crippen LogP contribution in [0.4, 0.5) is 5.69 Å². The molecule has 0 fully saturated rings. The number of amides is 1. The summed E-state index contributed by atoms with van der Waals surface area (Å²) in [6.45, 7) is 1.92. The van der Waals surface area contributed by atoms with E-state index in [9.17, 15) is 4.79 Å². The third-order valence-corrected chi connectivity index (χ3v) is 4.09. The van der Waals surface area contributed by atoms with Crippen molar-refractivity contribution in [3.8, 4) is 5.75 Å². The van der Waals surface area contributed by atoms with Gasteiger partial charge < -0.3 is 10.1 Å². The van der Waals surface area contributed by atoms with Crippen molar-refractivity contribution in [2.45, 2.75) is 6.92 Å². The highest BCUT2D eigenvalue weighted by molar-refractivity contribution is 9.10. The fourth-order valence-electron chi connectivity index (χ4n) is 2.03. The molecule has 0 unspecified atom stereocenters. The maximum absolute atomic E-state index is 12.1. The van der Waals surface area contributed by atoms with Crippen LogP contribution in [0.25, 0.3) is 6.08 Å². The molecule has 120 valence electrons. The highest BCUT2D eigenvalue weighted by Gasteiger charge is 2.08. The van der Waals surface area contributed by atoms with Gasteiger partial charge in [-0.25, -0.2) is 0 Å². The maximum Gasteiger partial charge on any atom is 0.248 e. The van der Waals surface area contributed by atoms with Crippen molar-refractivity contribution < 1.29 is 9.53 Å². The highest BCUT2D eigenvalue weighted by Crippen LogP contribution is 2.33. The first-order valence-electron chi connectivity index (χ1n) is 6.69. The number of ether oxygens (including phenoxy) is 1. The van der Waals surface area contributed by atoms with Crippen molar-refractivity contribution >= 4 is 56.8 Å². The van der Waals surface area contributed by atoms with Crippen molar-refractivity contribution in [3.63, 3.8) is 0 Å². The third-order valence-electron chi connectivity index (χ3n) is 3.10. The molecule has 0 aliphatic heterocycles. The Kier molecular flexibility index (Phi) is 6.10. The zero-order chi connectivity index (χ0) is 17.0. The lowest BCUT2D eigenvalue weighted by Gasteiger charge is -2.08. The van der Waals surface area contributed by atoms with Gasteiger partial charge in [-0.2, -0.15) is 0 Å². The van der Waals surface area contributed by atoms with E-state index in [2.05, 4.69) is 21.2 Å². The molecule has 0 saturated carbocycles. The van der Waals surface area contributed by atoms with Crippen molar-refractivity contribution in [2.75, 3.05) is 12.4 Å². The van der Waals surface area contributed by atoms with Crippen LogP contribution < -0.4 is 10.1 Å². The van der Waals surface area contributed by atoms with Crippen LogP contribution in [-0.2, 0) is 4.79 Å². The summed E-state index contributed by atoms with van der Waals surface area (Å²) >= 11 is 15.4. The predicted octanol–water partition coefficient (Wildman–Crippen LogP) is 5.72. The van der Waals surface area contributed by atoms with Crippen molar-refractivity contribution in [1.29, 1.82) is 0 Å². The fourth-order valence-corrected chi connectivity index (χ4v) is 3.09. The number of methoxy groups -OCH3 is 1. The molecular weight excluding hydrogens is 401 g/mol. The van der Waals surface area contributed by atoms with Gasteiger partial charge in [-0.05, 0) is 48.9 Å². The number of hydrogen-bond acceptors (Lipinski definition) is 2. The number of hydrogen-bond donors (Lipinski definition) is 1. The van der Waals surface area contributed by atoms with E-state index < -0.39 is 0 Å². The zero-order valence-electron chi connectivity index (χ0n) is 12.5. The van der Waals surface area contributed by atoms with E-state index in [1.807, 2.05) is 25.1 Å². The van der Waals surface area contributed by atoms with Crippen molar-refractivity contribution in [3.05, 3.63) is 62.1 Å². The van der Waals surface area contributed by atoms with Gasteiger partial charge in [-0.3, -0.25) is 4.79 Å². The van der Waals surface area contributed by atoms with Gasteiger partial charge in [0.05, 0.1) is 12.1 Å². The summed E-state index contributed by atoms with van der Waals surface area (Å²) in [5, 5.41) is 3.69. The van der Waals surface area contributed by atoms with Gasteiger partial charge in [0.1, 0.15) is 5.75 Å². The lowest BCUT2D eigenvalue weighted by Crippen LogP contribution is -2.08. The van der Waals surface area contributed by atoms with Crippen LogP contribution in [0.2, 0.25) is 10.0 Å². The second-order valence-corrected chi connectivity index (χ2v) is 6.55. The van der Waals surface area contributed by atoms with Crippen molar-refractivity contribution in [1.82, 2.24) is 0 Å².